The van der Waals surface area contributed by atoms with E-state index in [4.69, 9.17) is 11.6 Å². The Kier molecular flexibility index (Phi) is 4.12. The summed E-state index contributed by atoms with van der Waals surface area (Å²) in [6.45, 7) is 0.0216. The molecule has 0 aliphatic heterocycles. The van der Waals surface area contributed by atoms with Gasteiger partial charge in [0.2, 0.25) is 0 Å². The fraction of sp³-hybridized carbons (Fsp3) is 0.118. The number of rotatable bonds is 3. The largest absolute Gasteiger partial charge is 0.508 e. The van der Waals surface area contributed by atoms with Crippen LogP contribution in [0, 0.1) is 0 Å². The first-order valence-electron chi connectivity index (χ1n) is 7.08. The SMILES string of the molecule is O=C(O)c1cc2cc(O)ccc2n1Cc1ccc(C(F)(F)F)c(Cl)c1. The number of alkyl halides is 3. The quantitative estimate of drug-likeness (QED) is 0.699. The first-order valence-corrected chi connectivity index (χ1v) is 7.46. The lowest BCUT2D eigenvalue weighted by Gasteiger charge is -2.12. The van der Waals surface area contributed by atoms with Crippen molar-refractivity contribution in [3.8, 4) is 5.75 Å². The second-order valence-electron chi connectivity index (χ2n) is 5.48. The zero-order valence-electron chi connectivity index (χ0n) is 12.5. The highest BCUT2D eigenvalue weighted by Gasteiger charge is 2.33. The Hall–Kier alpha value is -2.67. The average Bonchev–Trinajstić information content (AvgIpc) is 2.84. The molecule has 0 saturated heterocycles. The van der Waals surface area contributed by atoms with E-state index in [1.165, 1.54) is 34.9 Å². The van der Waals surface area contributed by atoms with E-state index in [0.29, 0.717) is 16.5 Å². The number of carboxylic acid groups (broad SMARTS) is 1. The molecule has 130 valence electrons. The molecule has 0 amide bonds. The average molecular weight is 370 g/mol. The summed E-state index contributed by atoms with van der Waals surface area (Å²) in [5.74, 6) is -1.20. The molecule has 0 fully saturated rings. The molecule has 0 unspecified atom stereocenters. The summed E-state index contributed by atoms with van der Waals surface area (Å²) in [6.07, 6.45) is -4.56. The van der Waals surface area contributed by atoms with Crippen LogP contribution < -0.4 is 0 Å². The zero-order chi connectivity index (χ0) is 18.4. The minimum atomic E-state index is -4.56. The van der Waals surface area contributed by atoms with E-state index in [1.807, 2.05) is 0 Å². The molecule has 3 rings (SSSR count). The Labute approximate surface area is 144 Å². The second kappa shape index (κ2) is 6.00. The molecule has 0 aliphatic carbocycles. The van der Waals surface area contributed by atoms with Gasteiger partial charge in [0.25, 0.3) is 0 Å². The minimum absolute atomic E-state index is 0.0147. The summed E-state index contributed by atoms with van der Waals surface area (Å²) in [7, 11) is 0. The first-order chi connectivity index (χ1) is 11.7. The van der Waals surface area contributed by atoms with E-state index in [0.717, 1.165) is 6.07 Å². The van der Waals surface area contributed by atoms with E-state index in [1.54, 1.807) is 6.07 Å². The normalized spacial score (nSPS) is 11.8. The molecule has 0 atom stereocenters. The maximum atomic E-state index is 12.8. The van der Waals surface area contributed by atoms with Gasteiger partial charge in [0.1, 0.15) is 11.4 Å². The van der Waals surface area contributed by atoms with Crippen LogP contribution in [0.1, 0.15) is 21.6 Å². The van der Waals surface area contributed by atoms with Crippen molar-refractivity contribution in [3.05, 3.63) is 64.3 Å². The summed E-state index contributed by atoms with van der Waals surface area (Å²) < 4.78 is 39.8. The summed E-state index contributed by atoms with van der Waals surface area (Å²) >= 11 is 5.72. The highest BCUT2D eigenvalue weighted by molar-refractivity contribution is 6.31. The number of hydrogen-bond acceptors (Lipinski definition) is 2. The highest BCUT2D eigenvalue weighted by Crippen LogP contribution is 2.35. The second-order valence-corrected chi connectivity index (χ2v) is 5.88. The van der Waals surface area contributed by atoms with Gasteiger partial charge in [0.05, 0.1) is 10.6 Å². The van der Waals surface area contributed by atoms with Crippen LogP contribution in [0.5, 0.6) is 5.75 Å². The Morgan fingerprint density at radius 1 is 1.12 bits per heavy atom. The number of aromatic carboxylic acids is 1. The first kappa shape index (κ1) is 17.2. The summed E-state index contributed by atoms with van der Waals surface area (Å²) in [4.78, 5) is 11.5. The van der Waals surface area contributed by atoms with Crippen LogP contribution in [0.3, 0.4) is 0 Å². The van der Waals surface area contributed by atoms with Gasteiger partial charge in [-0.25, -0.2) is 4.79 Å². The molecule has 0 aliphatic rings. The lowest BCUT2D eigenvalue weighted by atomic mass is 10.1. The zero-order valence-corrected chi connectivity index (χ0v) is 13.3. The molecule has 3 aromatic rings. The van der Waals surface area contributed by atoms with Gasteiger partial charge in [-0.15, -0.1) is 0 Å². The number of carboxylic acids is 1. The Morgan fingerprint density at radius 3 is 2.44 bits per heavy atom. The molecule has 1 aromatic heterocycles. The van der Waals surface area contributed by atoms with Gasteiger partial charge in [0, 0.05) is 17.4 Å². The van der Waals surface area contributed by atoms with Crippen LogP contribution in [-0.2, 0) is 12.7 Å². The van der Waals surface area contributed by atoms with E-state index >= 15 is 0 Å². The van der Waals surface area contributed by atoms with Gasteiger partial charge in [-0.3, -0.25) is 0 Å². The number of carbonyl (C=O) groups is 1. The molecular formula is C17H11ClF3NO3. The van der Waals surface area contributed by atoms with E-state index < -0.39 is 22.7 Å². The highest BCUT2D eigenvalue weighted by atomic mass is 35.5. The van der Waals surface area contributed by atoms with Gasteiger partial charge in [-0.2, -0.15) is 13.2 Å². The van der Waals surface area contributed by atoms with Crippen molar-refractivity contribution >= 4 is 28.5 Å². The van der Waals surface area contributed by atoms with Crippen molar-refractivity contribution in [2.24, 2.45) is 0 Å². The fourth-order valence-electron chi connectivity index (χ4n) is 2.68. The number of phenols is 1. The predicted molar refractivity (Wildman–Crippen MR) is 86.1 cm³/mol. The van der Waals surface area contributed by atoms with Gasteiger partial charge in [-0.1, -0.05) is 17.7 Å². The maximum absolute atomic E-state index is 12.8. The van der Waals surface area contributed by atoms with Crippen molar-refractivity contribution < 1.29 is 28.2 Å². The molecule has 2 N–H and O–H groups in total. The molecule has 8 heteroatoms. The van der Waals surface area contributed by atoms with Gasteiger partial charge < -0.3 is 14.8 Å². The number of phenolic OH excluding ortho intramolecular Hbond substituents is 1. The molecule has 0 saturated carbocycles. The van der Waals surface area contributed by atoms with Gasteiger partial charge >= 0.3 is 12.1 Å². The number of halogens is 4. The number of hydrogen-bond donors (Lipinski definition) is 2. The topological polar surface area (TPSA) is 62.5 Å². The molecule has 0 spiro atoms. The Balaban J connectivity index is 2.07. The number of nitrogens with zero attached hydrogens (tertiary/aromatic N) is 1. The third-order valence-corrected chi connectivity index (χ3v) is 4.10. The smallest absolute Gasteiger partial charge is 0.417 e. The monoisotopic (exact) mass is 369 g/mol. The van der Waals surface area contributed by atoms with E-state index in [-0.39, 0.29) is 18.0 Å². The van der Waals surface area contributed by atoms with Crippen LogP contribution in [0.25, 0.3) is 10.9 Å². The van der Waals surface area contributed by atoms with Crippen molar-refractivity contribution in [2.45, 2.75) is 12.7 Å². The van der Waals surface area contributed by atoms with Crippen LogP contribution in [0.2, 0.25) is 5.02 Å². The molecule has 4 nitrogen and oxygen atoms in total. The van der Waals surface area contributed by atoms with Crippen LogP contribution >= 0.6 is 11.6 Å². The number of fused-ring (bicyclic) bond motifs is 1. The molecular weight excluding hydrogens is 359 g/mol. The number of aromatic hydroxyl groups is 1. The fourth-order valence-corrected chi connectivity index (χ4v) is 2.99. The maximum Gasteiger partial charge on any atom is 0.417 e. The van der Waals surface area contributed by atoms with Crippen LogP contribution in [-0.4, -0.2) is 20.7 Å². The molecule has 25 heavy (non-hydrogen) atoms. The predicted octanol–water partition coefficient (Wildman–Crippen LogP) is 4.77. The number of aromatic nitrogens is 1. The van der Waals surface area contributed by atoms with Crippen molar-refractivity contribution in [3.63, 3.8) is 0 Å². The summed E-state index contributed by atoms with van der Waals surface area (Å²) in [5, 5.41) is 18.9. The lowest BCUT2D eigenvalue weighted by Crippen LogP contribution is -2.10. The van der Waals surface area contributed by atoms with E-state index in [9.17, 15) is 28.2 Å². The standard InChI is InChI=1S/C17H11ClF3NO3/c18-13-5-9(1-3-12(13)17(19,20)21)8-22-14-4-2-11(23)6-10(14)7-15(22)16(24)25/h1-7,23H,8H2,(H,24,25). The van der Waals surface area contributed by atoms with Crippen molar-refractivity contribution in [2.75, 3.05) is 0 Å². The van der Waals surface area contributed by atoms with Crippen LogP contribution in [0.15, 0.2) is 42.5 Å². The molecule has 1 heterocycles. The van der Waals surface area contributed by atoms with Gasteiger partial charge in [0.15, 0.2) is 0 Å². The van der Waals surface area contributed by atoms with Crippen molar-refractivity contribution in [1.82, 2.24) is 4.57 Å². The summed E-state index contributed by atoms with van der Waals surface area (Å²) in [5.41, 5.74) is -0.0347. The molecule has 2 aromatic carbocycles. The Bertz CT molecular complexity index is 979. The Morgan fingerprint density at radius 2 is 1.84 bits per heavy atom. The van der Waals surface area contributed by atoms with E-state index in [2.05, 4.69) is 0 Å². The molecule has 0 radical (unpaired) electrons. The number of benzene rings is 2. The molecule has 0 bridgehead atoms. The third-order valence-electron chi connectivity index (χ3n) is 3.78. The van der Waals surface area contributed by atoms with Crippen LogP contribution in [0.4, 0.5) is 13.2 Å². The lowest BCUT2D eigenvalue weighted by molar-refractivity contribution is -0.137. The van der Waals surface area contributed by atoms with Crippen molar-refractivity contribution in [1.29, 1.82) is 0 Å². The summed E-state index contributed by atoms with van der Waals surface area (Å²) in [6, 6.07) is 9.05. The minimum Gasteiger partial charge on any atom is -0.508 e. The van der Waals surface area contributed by atoms with Gasteiger partial charge in [-0.05, 0) is 42.0 Å². The third kappa shape index (κ3) is 3.28.